The molecule has 0 aliphatic rings. The zero-order chi connectivity index (χ0) is 12.6. The number of nitrogens with one attached hydrogen (secondary N) is 1. The fourth-order valence-electron chi connectivity index (χ4n) is 1.71. The van der Waals surface area contributed by atoms with Crippen LogP contribution in [-0.4, -0.2) is 27.8 Å². The molecule has 16 heavy (non-hydrogen) atoms. The van der Waals surface area contributed by atoms with E-state index in [9.17, 15) is 4.21 Å². The zero-order valence-electron chi connectivity index (χ0n) is 11.6. The highest BCUT2D eigenvalue weighted by molar-refractivity contribution is 7.85. The van der Waals surface area contributed by atoms with E-state index < -0.39 is 10.8 Å². The molecule has 2 nitrogen and oxygen atoms in total. The van der Waals surface area contributed by atoms with Crippen LogP contribution in [-0.2, 0) is 10.8 Å². The smallest absolute Gasteiger partial charge is 0.0473 e. The molecule has 0 fully saturated rings. The van der Waals surface area contributed by atoms with Crippen molar-refractivity contribution in [2.75, 3.05) is 12.3 Å². The van der Waals surface area contributed by atoms with Gasteiger partial charge in [-0.05, 0) is 32.2 Å². The monoisotopic (exact) mass is 247 g/mol. The third kappa shape index (κ3) is 6.00. The fourth-order valence-corrected chi connectivity index (χ4v) is 3.46. The van der Waals surface area contributed by atoms with Crippen LogP contribution in [0.1, 0.15) is 53.9 Å². The van der Waals surface area contributed by atoms with Gasteiger partial charge < -0.3 is 5.32 Å². The van der Waals surface area contributed by atoms with Crippen molar-refractivity contribution in [3.8, 4) is 0 Å². The quantitative estimate of drug-likeness (QED) is 0.679. The van der Waals surface area contributed by atoms with Crippen LogP contribution in [0, 0.1) is 5.92 Å². The van der Waals surface area contributed by atoms with E-state index in [-0.39, 0.29) is 5.25 Å². The van der Waals surface area contributed by atoms with Gasteiger partial charge in [0.1, 0.15) is 0 Å². The van der Waals surface area contributed by atoms with E-state index in [4.69, 9.17) is 0 Å². The molecule has 0 aliphatic heterocycles. The summed E-state index contributed by atoms with van der Waals surface area (Å²) in [6, 6.07) is 0.407. The van der Waals surface area contributed by atoms with Crippen molar-refractivity contribution in [1.82, 2.24) is 5.32 Å². The highest BCUT2D eigenvalue weighted by atomic mass is 32.2. The van der Waals surface area contributed by atoms with Crippen molar-refractivity contribution >= 4 is 10.8 Å². The molecular weight excluding hydrogens is 218 g/mol. The third-order valence-corrected chi connectivity index (χ3v) is 5.28. The molecule has 0 aromatic rings. The summed E-state index contributed by atoms with van der Waals surface area (Å²) in [5.74, 6) is 1.43. The van der Waals surface area contributed by atoms with E-state index >= 15 is 0 Å². The zero-order valence-corrected chi connectivity index (χ0v) is 12.4. The average molecular weight is 247 g/mol. The lowest BCUT2D eigenvalue weighted by molar-refractivity contribution is 0.484. The Morgan fingerprint density at radius 2 is 1.75 bits per heavy atom. The lowest BCUT2D eigenvalue weighted by atomic mass is 10.1. The molecule has 3 heteroatoms. The Morgan fingerprint density at radius 1 is 1.12 bits per heavy atom. The maximum atomic E-state index is 12.1. The van der Waals surface area contributed by atoms with Crippen LogP contribution in [0.2, 0.25) is 0 Å². The van der Waals surface area contributed by atoms with Gasteiger partial charge in [0, 0.05) is 27.8 Å². The Bertz CT molecular complexity index is 196. The van der Waals surface area contributed by atoms with Crippen LogP contribution in [0.5, 0.6) is 0 Å². The second kappa shape index (κ2) is 9.17. The average Bonchev–Trinajstić information content (AvgIpc) is 2.29. The molecule has 0 aliphatic carbocycles. The van der Waals surface area contributed by atoms with E-state index in [1.165, 1.54) is 0 Å². The van der Waals surface area contributed by atoms with Crippen LogP contribution in [0.15, 0.2) is 0 Å². The molecule has 1 N–H and O–H groups in total. The summed E-state index contributed by atoms with van der Waals surface area (Å²) in [4.78, 5) is 0. The molecule has 0 bridgehead atoms. The molecule has 0 amide bonds. The van der Waals surface area contributed by atoms with E-state index in [1.807, 2.05) is 0 Å². The standard InChI is InChI=1S/C13H29NOS/c1-6-9-14-13(8-3)12(5)16(15)10-11(4)7-2/h11-14H,6-10H2,1-5H3. The van der Waals surface area contributed by atoms with E-state index in [0.29, 0.717) is 12.0 Å². The maximum Gasteiger partial charge on any atom is 0.0473 e. The Kier molecular flexibility index (Phi) is 9.24. The molecule has 0 radical (unpaired) electrons. The molecule has 98 valence electrons. The number of hydrogen-bond donors (Lipinski definition) is 1. The fraction of sp³-hybridized carbons (Fsp3) is 1.00. The van der Waals surface area contributed by atoms with E-state index in [2.05, 4.69) is 39.9 Å². The van der Waals surface area contributed by atoms with Gasteiger partial charge in [0.25, 0.3) is 0 Å². The largest absolute Gasteiger partial charge is 0.313 e. The number of rotatable bonds is 9. The first-order chi connectivity index (χ1) is 7.56. The number of hydrogen-bond acceptors (Lipinski definition) is 2. The van der Waals surface area contributed by atoms with Crippen LogP contribution >= 0.6 is 0 Å². The van der Waals surface area contributed by atoms with Gasteiger partial charge in [-0.1, -0.05) is 34.1 Å². The molecule has 0 rings (SSSR count). The topological polar surface area (TPSA) is 29.1 Å². The summed E-state index contributed by atoms with van der Waals surface area (Å²) in [5.41, 5.74) is 0. The Morgan fingerprint density at radius 3 is 2.19 bits per heavy atom. The molecule has 0 heterocycles. The summed E-state index contributed by atoms with van der Waals surface area (Å²) in [7, 11) is -0.691. The van der Waals surface area contributed by atoms with Gasteiger partial charge in [0.2, 0.25) is 0 Å². The molecule has 0 saturated carbocycles. The predicted molar refractivity (Wildman–Crippen MR) is 74.3 cm³/mol. The summed E-state index contributed by atoms with van der Waals surface area (Å²) in [5, 5.41) is 3.77. The third-order valence-electron chi connectivity index (χ3n) is 3.22. The minimum absolute atomic E-state index is 0.269. The first-order valence-corrected chi connectivity index (χ1v) is 8.05. The van der Waals surface area contributed by atoms with Crippen LogP contribution < -0.4 is 5.32 Å². The maximum absolute atomic E-state index is 12.1. The van der Waals surface area contributed by atoms with Crippen molar-refractivity contribution in [2.45, 2.75) is 65.2 Å². The van der Waals surface area contributed by atoms with E-state index in [1.54, 1.807) is 0 Å². The molecular formula is C13H29NOS. The minimum atomic E-state index is -0.691. The van der Waals surface area contributed by atoms with Crippen molar-refractivity contribution < 1.29 is 4.21 Å². The van der Waals surface area contributed by atoms with Crippen molar-refractivity contribution in [3.63, 3.8) is 0 Å². The van der Waals surface area contributed by atoms with E-state index in [0.717, 1.165) is 31.6 Å². The van der Waals surface area contributed by atoms with Gasteiger partial charge in [0.15, 0.2) is 0 Å². The summed E-state index contributed by atoms with van der Waals surface area (Å²) in [6.07, 6.45) is 3.33. The highest BCUT2D eigenvalue weighted by Crippen LogP contribution is 2.11. The van der Waals surface area contributed by atoms with Crippen LogP contribution in [0.3, 0.4) is 0 Å². The Labute approximate surface area is 104 Å². The molecule has 0 spiro atoms. The van der Waals surface area contributed by atoms with Gasteiger partial charge in [-0.3, -0.25) is 4.21 Å². The molecule has 0 aromatic heterocycles. The van der Waals surface area contributed by atoms with Crippen molar-refractivity contribution in [1.29, 1.82) is 0 Å². The SMILES string of the molecule is CCCNC(CC)C(C)S(=O)CC(C)CC. The van der Waals surface area contributed by atoms with Crippen molar-refractivity contribution in [3.05, 3.63) is 0 Å². The second-order valence-corrected chi connectivity index (χ2v) is 6.57. The second-order valence-electron chi connectivity index (χ2n) is 4.73. The van der Waals surface area contributed by atoms with Gasteiger partial charge in [-0.25, -0.2) is 0 Å². The van der Waals surface area contributed by atoms with Gasteiger partial charge in [-0.15, -0.1) is 0 Å². The summed E-state index contributed by atoms with van der Waals surface area (Å²) < 4.78 is 12.1. The lowest BCUT2D eigenvalue weighted by Gasteiger charge is -2.24. The first kappa shape index (κ1) is 16.1. The lowest BCUT2D eigenvalue weighted by Crippen LogP contribution is -2.41. The molecule has 0 aromatic carbocycles. The summed E-state index contributed by atoms with van der Waals surface area (Å²) in [6.45, 7) is 11.8. The van der Waals surface area contributed by atoms with Gasteiger partial charge >= 0.3 is 0 Å². The van der Waals surface area contributed by atoms with Crippen molar-refractivity contribution in [2.24, 2.45) is 5.92 Å². The Hall–Kier alpha value is 0.110. The molecule has 0 saturated heterocycles. The van der Waals surface area contributed by atoms with Gasteiger partial charge in [-0.2, -0.15) is 0 Å². The highest BCUT2D eigenvalue weighted by Gasteiger charge is 2.21. The normalized spacial score (nSPS) is 19.1. The Balaban J connectivity index is 4.15. The van der Waals surface area contributed by atoms with Gasteiger partial charge in [0.05, 0.1) is 0 Å². The minimum Gasteiger partial charge on any atom is -0.313 e. The summed E-state index contributed by atoms with van der Waals surface area (Å²) >= 11 is 0. The molecule has 4 atom stereocenters. The molecule has 4 unspecified atom stereocenters. The predicted octanol–water partition coefficient (Wildman–Crippen LogP) is 2.95. The van der Waals surface area contributed by atoms with Crippen LogP contribution in [0.25, 0.3) is 0 Å². The van der Waals surface area contributed by atoms with Crippen LogP contribution in [0.4, 0.5) is 0 Å². The first-order valence-electron chi connectivity index (χ1n) is 6.67.